The molecule has 1 N–H and O–H groups in total. The summed E-state index contributed by atoms with van der Waals surface area (Å²) in [7, 11) is 0. The highest BCUT2D eigenvalue weighted by Gasteiger charge is 2.35. The van der Waals surface area contributed by atoms with E-state index in [4.69, 9.17) is 5.41 Å². The number of amidine groups is 2. The van der Waals surface area contributed by atoms with Gasteiger partial charge in [-0.05, 0) is 61.2 Å². The number of nitrogens with zero attached hydrogens (tertiary/aromatic N) is 4. The number of hydrogen-bond donors (Lipinski definition) is 1. The maximum atomic E-state index is 12.7. The molecule has 0 fully saturated rings. The highest BCUT2D eigenvalue weighted by atomic mass is 32.2. The first-order chi connectivity index (χ1) is 15.0. The average Bonchev–Trinajstić information content (AvgIpc) is 3.31. The molecule has 5 rings (SSSR count). The predicted molar refractivity (Wildman–Crippen MR) is 128 cm³/mol. The quantitative estimate of drug-likeness (QED) is 0.578. The summed E-state index contributed by atoms with van der Waals surface area (Å²) in [6, 6.07) is 16.6. The van der Waals surface area contributed by atoms with E-state index >= 15 is 0 Å². The fourth-order valence-electron chi connectivity index (χ4n) is 4.04. The standard InChI is InChI=1S/C24H21N5OS/c1-4-21-27-29-22(25)19(23(30)26-24(29)31-21)13-17-12-14(2)28(15(17)3)20-11-7-9-16-8-5-6-10-18(16)20/h5-13,25H,4H2,1-3H3/b19-13-,25-22?. The van der Waals surface area contributed by atoms with E-state index in [0.717, 1.165) is 39.5 Å². The Morgan fingerprint density at radius 2 is 1.90 bits per heavy atom. The van der Waals surface area contributed by atoms with Crippen molar-refractivity contribution in [2.24, 2.45) is 10.1 Å². The van der Waals surface area contributed by atoms with Crippen LogP contribution in [0.25, 0.3) is 22.5 Å². The van der Waals surface area contributed by atoms with E-state index in [2.05, 4.69) is 51.9 Å². The van der Waals surface area contributed by atoms with E-state index in [1.807, 2.05) is 32.0 Å². The summed E-state index contributed by atoms with van der Waals surface area (Å²) >= 11 is 1.35. The van der Waals surface area contributed by atoms with E-state index in [-0.39, 0.29) is 11.4 Å². The molecule has 1 amide bonds. The van der Waals surface area contributed by atoms with Gasteiger partial charge in [0.25, 0.3) is 5.91 Å². The second kappa shape index (κ2) is 7.35. The van der Waals surface area contributed by atoms with Gasteiger partial charge in [0.2, 0.25) is 5.17 Å². The summed E-state index contributed by atoms with van der Waals surface area (Å²) in [5, 5.41) is 18.1. The van der Waals surface area contributed by atoms with Crippen molar-refractivity contribution in [2.45, 2.75) is 27.2 Å². The minimum absolute atomic E-state index is 0.0703. The number of rotatable bonds is 3. The zero-order chi connectivity index (χ0) is 21.7. The number of thioether (sulfide) groups is 1. The van der Waals surface area contributed by atoms with Crippen molar-refractivity contribution in [1.82, 2.24) is 9.58 Å². The maximum Gasteiger partial charge on any atom is 0.283 e. The number of hydrogen-bond acceptors (Lipinski definition) is 4. The highest BCUT2D eigenvalue weighted by Crippen LogP contribution is 2.31. The SMILES string of the molecule is CCC1=NN2C(=N)/C(=C/c3cc(C)n(-c4cccc5ccccc45)c3C)C(=O)N=C2S1. The van der Waals surface area contributed by atoms with Crippen LogP contribution in [0.4, 0.5) is 0 Å². The number of aliphatic imine (C=N–C) groups is 1. The molecule has 0 saturated carbocycles. The fourth-order valence-corrected chi connectivity index (χ4v) is 4.86. The number of carbonyl (C=O) groups is 1. The first-order valence-electron chi connectivity index (χ1n) is 10.1. The molecule has 0 radical (unpaired) electrons. The summed E-state index contributed by atoms with van der Waals surface area (Å²) in [6.07, 6.45) is 2.51. The molecule has 3 aromatic rings. The second-order valence-electron chi connectivity index (χ2n) is 7.53. The van der Waals surface area contributed by atoms with Crippen LogP contribution in [0.1, 0.15) is 30.3 Å². The Balaban J connectivity index is 1.61. The lowest BCUT2D eigenvalue weighted by Gasteiger charge is -2.20. The van der Waals surface area contributed by atoms with Gasteiger partial charge < -0.3 is 4.57 Å². The minimum Gasteiger partial charge on any atom is -0.317 e. The van der Waals surface area contributed by atoms with Crippen LogP contribution in [0, 0.1) is 19.3 Å². The third-order valence-corrected chi connectivity index (χ3v) is 6.63. The van der Waals surface area contributed by atoms with Gasteiger partial charge in [-0.25, -0.2) is 0 Å². The maximum absolute atomic E-state index is 12.7. The van der Waals surface area contributed by atoms with Crippen LogP contribution in [0.2, 0.25) is 0 Å². The van der Waals surface area contributed by atoms with Crippen molar-refractivity contribution in [3.8, 4) is 5.69 Å². The topological polar surface area (TPSA) is 73.8 Å². The summed E-state index contributed by atoms with van der Waals surface area (Å²) in [4.78, 5) is 16.9. The summed E-state index contributed by atoms with van der Waals surface area (Å²) in [6.45, 7) is 6.08. The van der Waals surface area contributed by atoms with Gasteiger partial charge in [-0.3, -0.25) is 10.2 Å². The first-order valence-corrected chi connectivity index (χ1v) is 11.0. The van der Waals surface area contributed by atoms with Crippen molar-refractivity contribution >= 4 is 50.6 Å². The monoisotopic (exact) mass is 427 g/mol. The molecule has 1 aromatic heterocycles. The molecular weight excluding hydrogens is 406 g/mol. The zero-order valence-corrected chi connectivity index (χ0v) is 18.3. The third-order valence-electron chi connectivity index (χ3n) is 5.58. The number of aryl methyl sites for hydroxylation is 1. The first kappa shape index (κ1) is 19.5. The average molecular weight is 428 g/mol. The van der Waals surface area contributed by atoms with Gasteiger partial charge in [0, 0.05) is 16.8 Å². The van der Waals surface area contributed by atoms with Crippen molar-refractivity contribution < 1.29 is 4.79 Å². The van der Waals surface area contributed by atoms with E-state index < -0.39 is 5.91 Å². The Kier molecular flexibility index (Phi) is 4.63. The van der Waals surface area contributed by atoms with Gasteiger partial charge in [-0.2, -0.15) is 15.1 Å². The molecule has 0 spiro atoms. The molecular formula is C24H21N5OS. The van der Waals surface area contributed by atoms with Crippen LogP contribution in [0.5, 0.6) is 0 Å². The molecule has 2 aliphatic rings. The van der Waals surface area contributed by atoms with Crippen molar-refractivity contribution in [3.05, 3.63) is 71.1 Å². The van der Waals surface area contributed by atoms with Crippen molar-refractivity contribution in [1.29, 1.82) is 5.41 Å². The van der Waals surface area contributed by atoms with E-state index in [9.17, 15) is 4.79 Å². The van der Waals surface area contributed by atoms with E-state index in [0.29, 0.717) is 5.17 Å². The van der Waals surface area contributed by atoms with E-state index in [1.165, 1.54) is 22.2 Å². The molecule has 0 aliphatic carbocycles. The molecule has 0 unspecified atom stereocenters. The summed E-state index contributed by atoms with van der Waals surface area (Å²) in [5.41, 5.74) is 4.30. The van der Waals surface area contributed by atoms with Crippen molar-refractivity contribution in [2.75, 3.05) is 0 Å². The van der Waals surface area contributed by atoms with Gasteiger partial charge >= 0.3 is 0 Å². The normalized spacial score (nSPS) is 17.4. The Hall–Kier alpha value is -3.45. The molecule has 7 heteroatoms. The summed E-state index contributed by atoms with van der Waals surface area (Å²) in [5.74, 6) is -0.327. The molecule has 3 heterocycles. The molecule has 31 heavy (non-hydrogen) atoms. The lowest BCUT2D eigenvalue weighted by atomic mass is 10.1. The Morgan fingerprint density at radius 1 is 1.13 bits per heavy atom. The molecule has 154 valence electrons. The number of aromatic nitrogens is 1. The number of nitrogens with one attached hydrogen (secondary N) is 1. The molecule has 6 nitrogen and oxygen atoms in total. The fraction of sp³-hybridized carbons (Fsp3) is 0.167. The molecule has 0 atom stereocenters. The smallest absolute Gasteiger partial charge is 0.283 e. The van der Waals surface area contributed by atoms with Gasteiger partial charge in [-0.15, -0.1) is 0 Å². The largest absolute Gasteiger partial charge is 0.317 e. The predicted octanol–water partition coefficient (Wildman–Crippen LogP) is 5.28. The van der Waals surface area contributed by atoms with Gasteiger partial charge in [0.05, 0.1) is 11.3 Å². The Labute approximate surface area is 184 Å². The summed E-state index contributed by atoms with van der Waals surface area (Å²) < 4.78 is 2.19. The third kappa shape index (κ3) is 3.13. The molecule has 0 bridgehead atoms. The van der Waals surface area contributed by atoms with Gasteiger partial charge in [-0.1, -0.05) is 43.3 Å². The molecule has 0 saturated heterocycles. The number of carbonyl (C=O) groups excluding carboxylic acids is 1. The minimum atomic E-state index is -0.397. The van der Waals surface area contributed by atoms with E-state index in [1.54, 1.807) is 6.08 Å². The Morgan fingerprint density at radius 3 is 2.71 bits per heavy atom. The Bertz CT molecular complexity index is 1360. The number of benzene rings is 2. The molecule has 2 aromatic carbocycles. The molecule has 2 aliphatic heterocycles. The van der Waals surface area contributed by atoms with Gasteiger partial charge in [0.15, 0.2) is 5.84 Å². The number of amides is 1. The van der Waals surface area contributed by atoms with Crippen LogP contribution < -0.4 is 0 Å². The van der Waals surface area contributed by atoms with Crippen LogP contribution in [-0.4, -0.2) is 31.5 Å². The second-order valence-corrected chi connectivity index (χ2v) is 8.57. The van der Waals surface area contributed by atoms with Crippen molar-refractivity contribution in [3.63, 3.8) is 0 Å². The van der Waals surface area contributed by atoms with Crippen LogP contribution >= 0.6 is 11.8 Å². The number of hydrazone groups is 1. The van der Waals surface area contributed by atoms with Crippen LogP contribution in [-0.2, 0) is 4.79 Å². The lowest BCUT2D eigenvalue weighted by Crippen LogP contribution is -2.35. The highest BCUT2D eigenvalue weighted by molar-refractivity contribution is 8.26. The van der Waals surface area contributed by atoms with Crippen LogP contribution in [0.3, 0.4) is 0 Å². The van der Waals surface area contributed by atoms with Gasteiger partial charge in [0.1, 0.15) is 5.04 Å². The zero-order valence-electron chi connectivity index (χ0n) is 17.5. The lowest BCUT2D eigenvalue weighted by molar-refractivity contribution is -0.114. The number of fused-ring (bicyclic) bond motifs is 2. The van der Waals surface area contributed by atoms with Crippen LogP contribution in [0.15, 0.2) is 64.2 Å².